The quantitative estimate of drug-likeness (QED) is 0.631. The molecule has 0 amide bonds. The van der Waals surface area contributed by atoms with Gasteiger partial charge in [-0.25, -0.2) is 4.98 Å². The number of aliphatic hydroxyl groups excluding tert-OH is 1. The zero-order valence-corrected chi connectivity index (χ0v) is 7.61. The maximum atomic E-state index is 8.48. The molecule has 0 aliphatic heterocycles. The third-order valence-electron chi connectivity index (χ3n) is 1.25. The van der Waals surface area contributed by atoms with E-state index in [0.717, 1.165) is 10.6 Å². The van der Waals surface area contributed by atoms with E-state index in [0.29, 0.717) is 11.6 Å². The topological polar surface area (TPSA) is 59.1 Å². The van der Waals surface area contributed by atoms with Crippen LogP contribution in [0.15, 0.2) is 0 Å². The van der Waals surface area contributed by atoms with Gasteiger partial charge in [-0.2, -0.15) is 0 Å². The van der Waals surface area contributed by atoms with Gasteiger partial charge in [-0.05, 0) is 6.92 Å². The third kappa shape index (κ3) is 2.22. The Balaban J connectivity index is 2.76. The first-order chi connectivity index (χ1) is 5.74. The number of thiazole rings is 1. The van der Waals surface area contributed by atoms with Crippen molar-refractivity contribution in [2.75, 3.05) is 12.3 Å². The number of aromatic nitrogens is 1. The van der Waals surface area contributed by atoms with Gasteiger partial charge in [-0.3, -0.25) is 0 Å². The van der Waals surface area contributed by atoms with Crippen molar-refractivity contribution in [1.29, 1.82) is 0 Å². The van der Waals surface area contributed by atoms with E-state index in [4.69, 9.17) is 10.8 Å². The predicted molar refractivity (Wildman–Crippen MR) is 49.8 cm³/mol. The molecule has 0 aromatic carbocycles. The molecule has 3 N–H and O–H groups in total. The van der Waals surface area contributed by atoms with Crippen molar-refractivity contribution in [2.24, 2.45) is 0 Å². The van der Waals surface area contributed by atoms with E-state index in [1.165, 1.54) is 11.3 Å². The van der Waals surface area contributed by atoms with Crippen molar-refractivity contribution in [3.63, 3.8) is 0 Å². The normalized spacial score (nSPS) is 9.17. The molecule has 0 aliphatic carbocycles. The Morgan fingerprint density at radius 2 is 2.42 bits per heavy atom. The Hall–Kier alpha value is -1.05. The molecule has 4 heteroatoms. The fourth-order valence-electron chi connectivity index (χ4n) is 0.732. The Labute approximate surface area is 75.2 Å². The summed E-state index contributed by atoms with van der Waals surface area (Å²) in [6.45, 7) is 1.97. The lowest BCUT2D eigenvalue weighted by atomic mass is 10.3. The lowest BCUT2D eigenvalue weighted by Crippen LogP contribution is -1.81. The number of nitrogens with two attached hydrogens (primary N) is 1. The van der Waals surface area contributed by atoms with Crippen molar-refractivity contribution in [1.82, 2.24) is 4.98 Å². The molecule has 0 unspecified atom stereocenters. The van der Waals surface area contributed by atoms with Crippen LogP contribution < -0.4 is 5.73 Å². The highest BCUT2D eigenvalue weighted by Gasteiger charge is 2.00. The second kappa shape index (κ2) is 4.10. The number of hydrogen-bond acceptors (Lipinski definition) is 4. The molecule has 0 saturated heterocycles. The maximum Gasteiger partial charge on any atom is 0.181 e. The smallest absolute Gasteiger partial charge is 0.181 e. The summed E-state index contributed by atoms with van der Waals surface area (Å²) in [5.74, 6) is 5.72. The summed E-state index contributed by atoms with van der Waals surface area (Å²) in [4.78, 5) is 4.91. The zero-order chi connectivity index (χ0) is 8.97. The Morgan fingerprint density at radius 3 is 2.92 bits per heavy atom. The van der Waals surface area contributed by atoms with Gasteiger partial charge in [0.15, 0.2) is 5.13 Å². The molecule has 1 rings (SSSR count). The first-order valence-corrected chi connectivity index (χ1v) is 4.38. The highest BCUT2D eigenvalue weighted by Crippen LogP contribution is 2.17. The molecule has 64 valence electrons. The van der Waals surface area contributed by atoms with Gasteiger partial charge in [-0.15, -0.1) is 0 Å². The molecule has 12 heavy (non-hydrogen) atoms. The fraction of sp³-hybridized carbons (Fsp3) is 0.375. The minimum absolute atomic E-state index is 0.0976. The fourth-order valence-corrected chi connectivity index (χ4v) is 1.44. The van der Waals surface area contributed by atoms with E-state index in [9.17, 15) is 0 Å². The average Bonchev–Trinajstić information content (AvgIpc) is 2.31. The predicted octanol–water partition coefficient (Wildman–Crippen LogP) is 0.768. The van der Waals surface area contributed by atoms with Crippen LogP contribution in [0.25, 0.3) is 0 Å². The van der Waals surface area contributed by atoms with Crippen molar-refractivity contribution in [3.8, 4) is 11.8 Å². The second-order valence-electron chi connectivity index (χ2n) is 2.24. The number of nitrogen functional groups attached to an aromatic ring is 1. The molecule has 0 spiro atoms. The van der Waals surface area contributed by atoms with Crippen molar-refractivity contribution in [2.45, 2.75) is 13.3 Å². The van der Waals surface area contributed by atoms with Crippen LogP contribution >= 0.6 is 11.3 Å². The van der Waals surface area contributed by atoms with Gasteiger partial charge >= 0.3 is 0 Å². The summed E-state index contributed by atoms with van der Waals surface area (Å²) in [5.41, 5.74) is 6.34. The number of nitrogens with zero attached hydrogens (tertiary/aromatic N) is 1. The van der Waals surface area contributed by atoms with E-state index in [1.54, 1.807) is 0 Å². The molecule has 3 nitrogen and oxygen atoms in total. The first-order valence-electron chi connectivity index (χ1n) is 3.56. The van der Waals surface area contributed by atoms with Gasteiger partial charge in [0.25, 0.3) is 0 Å². The van der Waals surface area contributed by atoms with E-state index < -0.39 is 0 Å². The summed E-state index contributed by atoms with van der Waals surface area (Å²) in [7, 11) is 0. The average molecular weight is 182 g/mol. The summed E-state index contributed by atoms with van der Waals surface area (Å²) in [6, 6.07) is 0. The lowest BCUT2D eigenvalue weighted by molar-refractivity contribution is 0.305. The van der Waals surface area contributed by atoms with Crippen LogP contribution in [-0.4, -0.2) is 16.7 Å². The molecule has 0 aliphatic rings. The van der Waals surface area contributed by atoms with Gasteiger partial charge < -0.3 is 10.8 Å². The van der Waals surface area contributed by atoms with Gasteiger partial charge in [0.2, 0.25) is 0 Å². The highest BCUT2D eigenvalue weighted by atomic mass is 32.1. The molecular formula is C8H10N2OS. The van der Waals surface area contributed by atoms with Gasteiger partial charge in [0, 0.05) is 6.42 Å². The van der Waals surface area contributed by atoms with Crippen LogP contribution in [-0.2, 0) is 0 Å². The van der Waals surface area contributed by atoms with E-state index >= 15 is 0 Å². The second-order valence-corrected chi connectivity index (χ2v) is 3.27. The van der Waals surface area contributed by atoms with Crippen LogP contribution in [0.4, 0.5) is 5.13 Å². The van der Waals surface area contributed by atoms with Gasteiger partial charge in [0.05, 0.1) is 12.3 Å². The van der Waals surface area contributed by atoms with Gasteiger partial charge in [-0.1, -0.05) is 23.2 Å². The van der Waals surface area contributed by atoms with Crippen LogP contribution in [0.5, 0.6) is 0 Å². The molecular weight excluding hydrogens is 172 g/mol. The minimum atomic E-state index is 0.0976. The molecule has 1 aromatic heterocycles. The molecule has 0 fully saturated rings. The van der Waals surface area contributed by atoms with E-state index in [2.05, 4.69) is 16.8 Å². The summed E-state index contributed by atoms with van der Waals surface area (Å²) >= 11 is 1.38. The third-order valence-corrected chi connectivity index (χ3v) is 2.15. The molecule has 1 aromatic rings. The van der Waals surface area contributed by atoms with Crippen LogP contribution in [0.1, 0.15) is 17.0 Å². The van der Waals surface area contributed by atoms with Crippen LogP contribution in [0.2, 0.25) is 0 Å². The number of anilines is 1. The van der Waals surface area contributed by atoms with Crippen molar-refractivity contribution in [3.05, 3.63) is 10.6 Å². The Kier molecular flexibility index (Phi) is 3.09. The molecule has 0 saturated carbocycles. The number of aryl methyl sites for hydroxylation is 1. The monoisotopic (exact) mass is 182 g/mol. The maximum absolute atomic E-state index is 8.48. The molecule has 0 atom stereocenters. The first kappa shape index (κ1) is 9.04. The Bertz CT molecular complexity index is 322. The summed E-state index contributed by atoms with van der Waals surface area (Å²) < 4.78 is 0. The summed E-state index contributed by atoms with van der Waals surface area (Å²) in [5, 5.41) is 9.02. The SMILES string of the molecule is Cc1nc(N)sc1C#CCCO. The number of hydrogen-bond donors (Lipinski definition) is 2. The van der Waals surface area contributed by atoms with Crippen molar-refractivity contribution >= 4 is 16.5 Å². The number of rotatable bonds is 1. The van der Waals surface area contributed by atoms with Crippen LogP contribution in [0, 0.1) is 18.8 Å². The van der Waals surface area contributed by atoms with Crippen LogP contribution in [0.3, 0.4) is 0 Å². The number of aliphatic hydroxyl groups is 1. The van der Waals surface area contributed by atoms with E-state index in [1.807, 2.05) is 6.92 Å². The standard InChI is InChI=1S/C8H10N2OS/c1-6-7(4-2-3-5-11)12-8(9)10-6/h11H,3,5H2,1H3,(H2,9,10). The van der Waals surface area contributed by atoms with Crippen molar-refractivity contribution < 1.29 is 5.11 Å². The van der Waals surface area contributed by atoms with E-state index in [-0.39, 0.29) is 6.61 Å². The Morgan fingerprint density at radius 1 is 1.67 bits per heavy atom. The van der Waals surface area contributed by atoms with Gasteiger partial charge in [0.1, 0.15) is 4.88 Å². The zero-order valence-electron chi connectivity index (χ0n) is 6.79. The molecule has 0 radical (unpaired) electrons. The lowest BCUT2D eigenvalue weighted by Gasteiger charge is -1.81. The molecule has 0 bridgehead atoms. The molecule has 1 heterocycles. The summed E-state index contributed by atoms with van der Waals surface area (Å²) in [6.07, 6.45) is 0.497. The minimum Gasteiger partial charge on any atom is -0.395 e. The highest BCUT2D eigenvalue weighted by molar-refractivity contribution is 7.16. The largest absolute Gasteiger partial charge is 0.395 e.